The fourth-order valence-corrected chi connectivity index (χ4v) is 1.93. The molecule has 2 rings (SSSR count). The Morgan fingerprint density at radius 3 is 1.95 bits per heavy atom. The largest absolute Gasteiger partial charge is 1.00 e. The predicted octanol–water partition coefficient (Wildman–Crippen LogP) is -0.389. The Kier molecular flexibility index (Phi) is 6.04. The van der Waals surface area contributed by atoms with Gasteiger partial charge in [0.15, 0.2) is 5.78 Å². The standard InChI is InChI=1S/C16H15O2.Li/c1-12(15(17)13-8-4-2-5-9-13)16(18)14-10-6-3-7-11-14;/h2-12,15H,1H3;/q-1;+1. The van der Waals surface area contributed by atoms with Crippen LogP contribution < -0.4 is 24.0 Å². The molecule has 0 aromatic heterocycles. The molecule has 0 saturated heterocycles. The van der Waals surface area contributed by atoms with Crippen molar-refractivity contribution in [3.05, 3.63) is 71.8 Å². The average Bonchev–Trinajstić information content (AvgIpc) is 2.47. The molecule has 0 bridgehead atoms. The van der Waals surface area contributed by atoms with E-state index in [2.05, 4.69) is 0 Å². The van der Waals surface area contributed by atoms with Crippen molar-refractivity contribution in [2.45, 2.75) is 13.0 Å². The van der Waals surface area contributed by atoms with E-state index >= 15 is 0 Å². The first-order valence-corrected chi connectivity index (χ1v) is 6.00. The molecule has 0 saturated carbocycles. The molecule has 0 radical (unpaired) electrons. The minimum Gasteiger partial charge on any atom is -0.848 e. The third-order valence-electron chi connectivity index (χ3n) is 3.05. The quantitative estimate of drug-likeness (QED) is 0.544. The van der Waals surface area contributed by atoms with Gasteiger partial charge in [-0.1, -0.05) is 79.3 Å². The minimum absolute atomic E-state index is 0. The number of rotatable bonds is 4. The molecule has 0 fully saturated rings. The average molecular weight is 246 g/mol. The minimum atomic E-state index is -1.01. The summed E-state index contributed by atoms with van der Waals surface area (Å²) in [6.45, 7) is 1.69. The molecule has 0 spiro atoms. The number of Topliss-reactive ketones (excluding diaryl/α,β-unsaturated/α-hetero) is 1. The molecular weight excluding hydrogens is 231 g/mol. The van der Waals surface area contributed by atoms with Gasteiger partial charge in [0.2, 0.25) is 0 Å². The van der Waals surface area contributed by atoms with E-state index < -0.39 is 12.0 Å². The zero-order valence-electron chi connectivity index (χ0n) is 11.2. The molecule has 2 unspecified atom stereocenters. The summed E-state index contributed by atoms with van der Waals surface area (Å²) in [7, 11) is 0. The maximum Gasteiger partial charge on any atom is 1.00 e. The van der Waals surface area contributed by atoms with Gasteiger partial charge in [0.25, 0.3) is 0 Å². The van der Waals surface area contributed by atoms with Gasteiger partial charge in [-0.25, -0.2) is 0 Å². The van der Waals surface area contributed by atoms with E-state index in [-0.39, 0.29) is 24.6 Å². The molecule has 3 heteroatoms. The van der Waals surface area contributed by atoms with E-state index in [0.29, 0.717) is 11.1 Å². The van der Waals surface area contributed by atoms with Crippen LogP contribution in [0.15, 0.2) is 60.7 Å². The van der Waals surface area contributed by atoms with Crippen molar-refractivity contribution >= 4 is 5.78 Å². The molecule has 92 valence electrons. The van der Waals surface area contributed by atoms with Crippen LogP contribution in [0.2, 0.25) is 0 Å². The van der Waals surface area contributed by atoms with Gasteiger partial charge in [0, 0.05) is 11.5 Å². The predicted molar refractivity (Wildman–Crippen MR) is 69.1 cm³/mol. The first kappa shape index (κ1) is 15.7. The van der Waals surface area contributed by atoms with Gasteiger partial charge in [0.05, 0.1) is 0 Å². The molecule has 0 aliphatic heterocycles. The third kappa shape index (κ3) is 3.81. The number of hydrogen-bond donors (Lipinski definition) is 0. The van der Waals surface area contributed by atoms with Crippen LogP contribution in [0.5, 0.6) is 0 Å². The zero-order chi connectivity index (χ0) is 13.0. The number of carbonyl (C=O) groups is 1. The van der Waals surface area contributed by atoms with Gasteiger partial charge < -0.3 is 5.11 Å². The molecule has 2 nitrogen and oxygen atoms in total. The fraction of sp³-hybridized carbons (Fsp3) is 0.188. The number of carbonyl (C=O) groups excluding carboxylic acids is 1. The number of hydrogen-bond acceptors (Lipinski definition) is 2. The van der Waals surface area contributed by atoms with Crippen LogP contribution in [0.4, 0.5) is 0 Å². The molecule has 0 amide bonds. The summed E-state index contributed by atoms with van der Waals surface area (Å²) in [6.07, 6.45) is -1.01. The van der Waals surface area contributed by atoms with Crippen molar-refractivity contribution < 1.29 is 28.8 Å². The van der Waals surface area contributed by atoms with Crippen molar-refractivity contribution in [2.75, 3.05) is 0 Å². The van der Waals surface area contributed by atoms with E-state index in [1.165, 1.54) is 0 Å². The topological polar surface area (TPSA) is 40.1 Å². The smallest absolute Gasteiger partial charge is 0.848 e. The van der Waals surface area contributed by atoms with E-state index in [4.69, 9.17) is 0 Å². The Morgan fingerprint density at radius 1 is 0.947 bits per heavy atom. The van der Waals surface area contributed by atoms with Crippen LogP contribution in [-0.4, -0.2) is 5.78 Å². The van der Waals surface area contributed by atoms with Crippen LogP contribution in [0.3, 0.4) is 0 Å². The molecular formula is C16H15LiO2. The molecule has 0 N–H and O–H groups in total. The summed E-state index contributed by atoms with van der Waals surface area (Å²) < 4.78 is 0. The molecule has 0 heterocycles. The van der Waals surface area contributed by atoms with Gasteiger partial charge in [0.1, 0.15) is 0 Å². The van der Waals surface area contributed by atoms with Crippen LogP contribution in [0, 0.1) is 5.92 Å². The van der Waals surface area contributed by atoms with Crippen molar-refractivity contribution in [1.82, 2.24) is 0 Å². The summed E-state index contributed by atoms with van der Waals surface area (Å²) >= 11 is 0. The van der Waals surface area contributed by atoms with Crippen LogP contribution in [-0.2, 0) is 0 Å². The maximum atomic E-state index is 12.2. The van der Waals surface area contributed by atoms with Crippen molar-refractivity contribution in [3.8, 4) is 0 Å². The van der Waals surface area contributed by atoms with Gasteiger partial charge in [-0.05, 0) is 0 Å². The van der Waals surface area contributed by atoms with E-state index in [9.17, 15) is 9.90 Å². The van der Waals surface area contributed by atoms with Crippen LogP contribution in [0.25, 0.3) is 0 Å². The van der Waals surface area contributed by atoms with Crippen molar-refractivity contribution in [3.63, 3.8) is 0 Å². The van der Waals surface area contributed by atoms with E-state index in [0.717, 1.165) is 0 Å². The second-order valence-corrected chi connectivity index (χ2v) is 4.35. The second-order valence-electron chi connectivity index (χ2n) is 4.35. The van der Waals surface area contributed by atoms with Crippen molar-refractivity contribution in [1.29, 1.82) is 0 Å². The number of ketones is 1. The fourth-order valence-electron chi connectivity index (χ4n) is 1.93. The van der Waals surface area contributed by atoms with Crippen molar-refractivity contribution in [2.24, 2.45) is 5.92 Å². The zero-order valence-corrected chi connectivity index (χ0v) is 11.2. The number of benzene rings is 2. The van der Waals surface area contributed by atoms with Gasteiger partial charge >= 0.3 is 18.9 Å². The van der Waals surface area contributed by atoms with Crippen LogP contribution in [0.1, 0.15) is 28.9 Å². The first-order valence-electron chi connectivity index (χ1n) is 6.00. The molecule has 19 heavy (non-hydrogen) atoms. The molecule has 0 aliphatic rings. The van der Waals surface area contributed by atoms with E-state index in [1.54, 1.807) is 31.2 Å². The van der Waals surface area contributed by atoms with Gasteiger partial charge in [-0.2, -0.15) is 0 Å². The Balaban J connectivity index is 0.00000180. The molecule has 0 aliphatic carbocycles. The van der Waals surface area contributed by atoms with Crippen LogP contribution >= 0.6 is 0 Å². The van der Waals surface area contributed by atoms with E-state index in [1.807, 2.05) is 36.4 Å². The molecule has 2 aromatic rings. The monoisotopic (exact) mass is 246 g/mol. The summed E-state index contributed by atoms with van der Waals surface area (Å²) in [5, 5.41) is 12.2. The summed E-state index contributed by atoms with van der Waals surface area (Å²) in [5.74, 6) is -0.658. The first-order chi connectivity index (χ1) is 8.70. The SMILES string of the molecule is CC(C(=O)c1ccccc1)C([O-])c1ccccc1.[Li+]. The maximum absolute atomic E-state index is 12.2. The summed E-state index contributed by atoms with van der Waals surface area (Å²) in [6, 6.07) is 18.0. The summed E-state index contributed by atoms with van der Waals surface area (Å²) in [4.78, 5) is 12.2. The third-order valence-corrected chi connectivity index (χ3v) is 3.05. The Hall–Kier alpha value is -1.33. The van der Waals surface area contributed by atoms with Gasteiger partial charge in [-0.15, -0.1) is 0 Å². The Morgan fingerprint density at radius 2 is 1.42 bits per heavy atom. The molecule has 2 atom stereocenters. The summed E-state index contributed by atoms with van der Waals surface area (Å²) in [5.41, 5.74) is 1.26. The normalized spacial score (nSPS) is 13.2. The van der Waals surface area contributed by atoms with Gasteiger partial charge in [-0.3, -0.25) is 4.79 Å². The Labute approximate surface area is 125 Å². The molecule has 2 aromatic carbocycles. The second kappa shape index (κ2) is 7.30. The Bertz CT molecular complexity index is 511.